The molecule has 0 bridgehead atoms. The minimum atomic E-state index is -0.371. The first-order valence-corrected chi connectivity index (χ1v) is 6.75. The van der Waals surface area contributed by atoms with Crippen LogP contribution in [0.2, 0.25) is 0 Å². The van der Waals surface area contributed by atoms with Crippen LogP contribution in [-0.4, -0.2) is 29.4 Å². The van der Waals surface area contributed by atoms with Gasteiger partial charge in [0.1, 0.15) is 0 Å². The van der Waals surface area contributed by atoms with Crippen LogP contribution < -0.4 is 4.90 Å². The van der Waals surface area contributed by atoms with Gasteiger partial charge in [-0.25, -0.2) is 0 Å². The summed E-state index contributed by atoms with van der Waals surface area (Å²) in [5.41, 5.74) is 2.11. The van der Waals surface area contributed by atoms with Crippen molar-refractivity contribution in [2.75, 3.05) is 18.1 Å². The molecular formula is C15H25NO2. The van der Waals surface area contributed by atoms with Crippen LogP contribution in [0.25, 0.3) is 0 Å². The minimum absolute atomic E-state index is 0.218. The second-order valence-corrected chi connectivity index (χ2v) is 4.88. The van der Waals surface area contributed by atoms with Crippen molar-refractivity contribution >= 4 is 5.69 Å². The maximum absolute atomic E-state index is 9.76. The van der Waals surface area contributed by atoms with E-state index in [1.54, 1.807) is 0 Å². The zero-order valence-electron chi connectivity index (χ0n) is 11.6. The van der Waals surface area contributed by atoms with Gasteiger partial charge in [-0.1, -0.05) is 19.1 Å². The van der Waals surface area contributed by atoms with E-state index in [-0.39, 0.29) is 12.7 Å². The van der Waals surface area contributed by atoms with Crippen molar-refractivity contribution in [3.63, 3.8) is 0 Å². The van der Waals surface area contributed by atoms with Crippen molar-refractivity contribution in [1.29, 1.82) is 0 Å². The highest BCUT2D eigenvalue weighted by Crippen LogP contribution is 2.22. The van der Waals surface area contributed by atoms with Gasteiger partial charge in [0.05, 0.1) is 6.10 Å². The SMILES string of the molecule is CC[C@@H](O)c1ccc(N(CCCO)C(C)C)cc1. The number of benzene rings is 1. The van der Waals surface area contributed by atoms with E-state index in [0.717, 1.165) is 30.6 Å². The third-order valence-corrected chi connectivity index (χ3v) is 3.18. The maximum atomic E-state index is 9.76. The van der Waals surface area contributed by atoms with Crippen molar-refractivity contribution in [3.05, 3.63) is 29.8 Å². The molecule has 0 saturated heterocycles. The van der Waals surface area contributed by atoms with E-state index in [2.05, 4.69) is 18.7 Å². The first-order valence-electron chi connectivity index (χ1n) is 6.75. The van der Waals surface area contributed by atoms with E-state index < -0.39 is 0 Å². The highest BCUT2D eigenvalue weighted by Gasteiger charge is 2.11. The predicted octanol–water partition coefficient (Wildman–Crippen LogP) is 2.73. The van der Waals surface area contributed by atoms with Gasteiger partial charge in [0, 0.05) is 24.9 Å². The summed E-state index contributed by atoms with van der Waals surface area (Å²) in [5, 5.41) is 18.7. The van der Waals surface area contributed by atoms with E-state index in [1.165, 1.54) is 0 Å². The Kier molecular flexibility index (Phi) is 6.16. The molecule has 1 atom stereocenters. The summed E-state index contributed by atoms with van der Waals surface area (Å²) in [7, 11) is 0. The normalized spacial score (nSPS) is 12.8. The molecule has 18 heavy (non-hydrogen) atoms. The standard InChI is InChI=1S/C15H25NO2/c1-4-15(18)13-6-8-14(9-7-13)16(12(2)3)10-5-11-17/h6-9,12,15,17-18H,4-5,10-11H2,1-3H3/t15-/m1/s1. The average molecular weight is 251 g/mol. The molecule has 0 aliphatic rings. The van der Waals surface area contributed by atoms with E-state index in [0.29, 0.717) is 6.04 Å². The minimum Gasteiger partial charge on any atom is -0.396 e. The average Bonchev–Trinajstić information content (AvgIpc) is 2.38. The van der Waals surface area contributed by atoms with Crippen molar-refractivity contribution in [1.82, 2.24) is 0 Å². The van der Waals surface area contributed by atoms with Gasteiger partial charge in [0.25, 0.3) is 0 Å². The first kappa shape index (κ1) is 15.0. The predicted molar refractivity (Wildman–Crippen MR) is 75.9 cm³/mol. The Morgan fingerprint density at radius 1 is 1.17 bits per heavy atom. The van der Waals surface area contributed by atoms with Crippen LogP contribution in [0.4, 0.5) is 5.69 Å². The lowest BCUT2D eigenvalue weighted by molar-refractivity contribution is 0.173. The Morgan fingerprint density at radius 3 is 2.22 bits per heavy atom. The van der Waals surface area contributed by atoms with Crippen LogP contribution in [0.3, 0.4) is 0 Å². The maximum Gasteiger partial charge on any atom is 0.0787 e. The van der Waals surface area contributed by atoms with Crippen LogP contribution in [0.15, 0.2) is 24.3 Å². The fourth-order valence-electron chi connectivity index (χ4n) is 2.05. The number of aliphatic hydroxyl groups is 2. The first-order chi connectivity index (χ1) is 8.60. The number of hydrogen-bond donors (Lipinski definition) is 2. The molecule has 0 aromatic heterocycles. The Morgan fingerprint density at radius 2 is 1.78 bits per heavy atom. The zero-order valence-corrected chi connectivity index (χ0v) is 11.6. The highest BCUT2D eigenvalue weighted by atomic mass is 16.3. The van der Waals surface area contributed by atoms with Crippen LogP contribution in [0.1, 0.15) is 45.3 Å². The lowest BCUT2D eigenvalue weighted by atomic mass is 10.1. The van der Waals surface area contributed by atoms with Gasteiger partial charge in [-0.15, -0.1) is 0 Å². The number of aliphatic hydroxyl groups excluding tert-OH is 2. The number of nitrogens with zero attached hydrogens (tertiary/aromatic N) is 1. The fourth-order valence-corrected chi connectivity index (χ4v) is 2.05. The molecule has 1 aromatic rings. The molecule has 1 rings (SSSR count). The van der Waals surface area contributed by atoms with Gasteiger partial charge in [-0.2, -0.15) is 0 Å². The summed E-state index contributed by atoms with van der Waals surface area (Å²) in [5.74, 6) is 0. The third kappa shape index (κ3) is 4.00. The molecule has 0 aliphatic heterocycles. The van der Waals surface area contributed by atoms with Crippen LogP contribution in [0.5, 0.6) is 0 Å². The molecule has 0 aliphatic carbocycles. The largest absolute Gasteiger partial charge is 0.396 e. The van der Waals surface area contributed by atoms with Crippen molar-refractivity contribution in [2.45, 2.75) is 45.8 Å². The van der Waals surface area contributed by atoms with E-state index in [1.807, 2.05) is 31.2 Å². The third-order valence-electron chi connectivity index (χ3n) is 3.18. The van der Waals surface area contributed by atoms with E-state index >= 15 is 0 Å². The van der Waals surface area contributed by atoms with Gasteiger partial charge in [0.15, 0.2) is 0 Å². The molecule has 3 nitrogen and oxygen atoms in total. The molecular weight excluding hydrogens is 226 g/mol. The molecule has 0 saturated carbocycles. The van der Waals surface area contributed by atoms with E-state index in [4.69, 9.17) is 5.11 Å². The quantitative estimate of drug-likeness (QED) is 0.783. The number of rotatable bonds is 7. The van der Waals surface area contributed by atoms with Gasteiger partial charge in [-0.05, 0) is 44.4 Å². The molecule has 0 amide bonds. The van der Waals surface area contributed by atoms with Crippen LogP contribution >= 0.6 is 0 Å². The summed E-state index contributed by atoms with van der Waals surface area (Å²) in [6, 6.07) is 8.46. The highest BCUT2D eigenvalue weighted by molar-refractivity contribution is 5.48. The van der Waals surface area contributed by atoms with Gasteiger partial charge < -0.3 is 15.1 Å². The van der Waals surface area contributed by atoms with Crippen LogP contribution in [-0.2, 0) is 0 Å². The second kappa shape index (κ2) is 7.39. The Hall–Kier alpha value is -1.06. The topological polar surface area (TPSA) is 43.7 Å². The van der Waals surface area contributed by atoms with Crippen molar-refractivity contribution in [2.24, 2.45) is 0 Å². The van der Waals surface area contributed by atoms with Gasteiger partial charge in [-0.3, -0.25) is 0 Å². The second-order valence-electron chi connectivity index (χ2n) is 4.88. The smallest absolute Gasteiger partial charge is 0.0787 e. The molecule has 0 unspecified atom stereocenters. The molecule has 3 heteroatoms. The summed E-state index contributed by atoms with van der Waals surface area (Å²) < 4.78 is 0. The zero-order chi connectivity index (χ0) is 13.5. The number of anilines is 1. The van der Waals surface area contributed by atoms with E-state index in [9.17, 15) is 5.11 Å². The Balaban J connectivity index is 2.80. The molecule has 0 fully saturated rings. The van der Waals surface area contributed by atoms with Crippen molar-refractivity contribution in [3.8, 4) is 0 Å². The summed E-state index contributed by atoms with van der Waals surface area (Å²) in [6.07, 6.45) is 1.14. The molecule has 0 heterocycles. The molecule has 1 aromatic carbocycles. The Bertz CT molecular complexity index is 335. The molecule has 2 N–H and O–H groups in total. The Labute approximate surface area is 110 Å². The monoisotopic (exact) mass is 251 g/mol. The lowest BCUT2D eigenvalue weighted by Gasteiger charge is -2.29. The molecule has 0 radical (unpaired) electrons. The van der Waals surface area contributed by atoms with Crippen molar-refractivity contribution < 1.29 is 10.2 Å². The van der Waals surface area contributed by atoms with Crippen LogP contribution in [0, 0.1) is 0 Å². The summed E-state index contributed by atoms with van der Waals surface area (Å²) in [6.45, 7) is 7.33. The van der Waals surface area contributed by atoms with Gasteiger partial charge >= 0.3 is 0 Å². The summed E-state index contributed by atoms with van der Waals surface area (Å²) in [4.78, 5) is 2.26. The lowest BCUT2D eigenvalue weighted by Crippen LogP contribution is -2.32. The molecule has 102 valence electrons. The number of hydrogen-bond acceptors (Lipinski definition) is 3. The molecule has 0 spiro atoms. The van der Waals surface area contributed by atoms with Gasteiger partial charge in [0.2, 0.25) is 0 Å². The fraction of sp³-hybridized carbons (Fsp3) is 0.600. The summed E-state index contributed by atoms with van der Waals surface area (Å²) >= 11 is 0.